The lowest BCUT2D eigenvalue weighted by Crippen LogP contribution is -2.11. The van der Waals surface area contributed by atoms with Gasteiger partial charge in [-0.3, -0.25) is 9.59 Å². The number of carboxylic acids is 1. The minimum atomic E-state index is -0.859. The van der Waals surface area contributed by atoms with Gasteiger partial charge in [0, 0.05) is 22.9 Å². The highest BCUT2D eigenvalue weighted by Crippen LogP contribution is 2.31. The first kappa shape index (κ1) is 11.1. The summed E-state index contributed by atoms with van der Waals surface area (Å²) in [5.74, 6) is -1.00. The summed E-state index contributed by atoms with van der Waals surface area (Å²) in [6.07, 6.45) is 1.06. The minimum Gasteiger partial charge on any atom is -0.481 e. The molecule has 1 N–H and O–H groups in total. The van der Waals surface area contributed by atoms with Crippen LogP contribution in [0.2, 0.25) is 5.02 Å². The normalized spacial score (nSPS) is 18.6. The molecule has 4 heteroatoms. The van der Waals surface area contributed by atoms with E-state index in [0.717, 1.165) is 5.56 Å². The Morgan fingerprint density at radius 3 is 2.94 bits per heavy atom. The van der Waals surface area contributed by atoms with Crippen molar-refractivity contribution in [1.82, 2.24) is 0 Å². The van der Waals surface area contributed by atoms with Crippen LogP contribution < -0.4 is 0 Å². The maximum Gasteiger partial charge on any atom is 0.303 e. The molecule has 0 saturated heterocycles. The number of halogens is 1. The van der Waals surface area contributed by atoms with E-state index in [-0.39, 0.29) is 18.1 Å². The van der Waals surface area contributed by atoms with Crippen LogP contribution in [0.4, 0.5) is 0 Å². The molecule has 1 unspecified atom stereocenters. The Labute approximate surface area is 98.0 Å². The number of carbonyl (C=O) groups is 2. The van der Waals surface area contributed by atoms with Crippen molar-refractivity contribution in [3.63, 3.8) is 0 Å². The lowest BCUT2D eigenvalue weighted by molar-refractivity contribution is -0.137. The maximum atomic E-state index is 11.9. The van der Waals surface area contributed by atoms with Gasteiger partial charge in [0.05, 0.1) is 0 Å². The van der Waals surface area contributed by atoms with Crippen molar-refractivity contribution in [3.8, 4) is 0 Å². The molecule has 1 aliphatic carbocycles. The summed E-state index contributed by atoms with van der Waals surface area (Å²) in [5, 5.41) is 9.20. The van der Waals surface area contributed by atoms with Gasteiger partial charge < -0.3 is 5.11 Å². The zero-order chi connectivity index (χ0) is 11.7. The van der Waals surface area contributed by atoms with Crippen molar-refractivity contribution in [1.29, 1.82) is 0 Å². The molecule has 16 heavy (non-hydrogen) atoms. The Balaban J connectivity index is 2.14. The zero-order valence-corrected chi connectivity index (χ0v) is 9.33. The first-order valence-corrected chi connectivity index (χ1v) is 5.50. The lowest BCUT2D eigenvalue weighted by Gasteiger charge is -2.04. The first-order valence-electron chi connectivity index (χ1n) is 5.12. The van der Waals surface area contributed by atoms with Crippen molar-refractivity contribution in [2.45, 2.75) is 19.3 Å². The van der Waals surface area contributed by atoms with Gasteiger partial charge in [-0.15, -0.1) is 0 Å². The van der Waals surface area contributed by atoms with Gasteiger partial charge in [-0.1, -0.05) is 11.6 Å². The summed E-state index contributed by atoms with van der Waals surface area (Å²) in [4.78, 5) is 22.3. The SMILES string of the molecule is O=C(O)CCC1Cc2cc(Cl)ccc2C1=O. The summed E-state index contributed by atoms with van der Waals surface area (Å²) >= 11 is 5.84. The highest BCUT2D eigenvalue weighted by Gasteiger charge is 2.30. The third kappa shape index (κ3) is 2.09. The fraction of sp³-hybridized carbons (Fsp3) is 0.333. The van der Waals surface area contributed by atoms with Crippen LogP contribution in [0.5, 0.6) is 0 Å². The van der Waals surface area contributed by atoms with Crippen molar-refractivity contribution < 1.29 is 14.7 Å². The third-order valence-electron chi connectivity index (χ3n) is 2.88. The Bertz CT molecular complexity index is 454. The molecule has 0 saturated carbocycles. The number of fused-ring (bicyclic) bond motifs is 1. The largest absolute Gasteiger partial charge is 0.481 e. The topological polar surface area (TPSA) is 54.4 Å². The Kier molecular flexibility index (Phi) is 2.97. The Morgan fingerprint density at radius 1 is 1.50 bits per heavy atom. The fourth-order valence-electron chi connectivity index (χ4n) is 2.08. The van der Waals surface area contributed by atoms with Crippen molar-refractivity contribution in [3.05, 3.63) is 34.3 Å². The summed E-state index contributed by atoms with van der Waals surface area (Å²) in [6.45, 7) is 0. The summed E-state index contributed by atoms with van der Waals surface area (Å²) < 4.78 is 0. The molecule has 1 aliphatic rings. The van der Waals surface area contributed by atoms with Crippen LogP contribution in [0.25, 0.3) is 0 Å². The van der Waals surface area contributed by atoms with Gasteiger partial charge in [0.15, 0.2) is 5.78 Å². The van der Waals surface area contributed by atoms with E-state index < -0.39 is 5.97 Å². The highest BCUT2D eigenvalue weighted by molar-refractivity contribution is 6.30. The minimum absolute atomic E-state index is 0.0398. The predicted octanol–water partition coefficient (Wildman–Crippen LogP) is 2.56. The second-order valence-corrected chi connectivity index (χ2v) is 4.44. The van der Waals surface area contributed by atoms with Crippen molar-refractivity contribution >= 4 is 23.4 Å². The first-order chi connectivity index (χ1) is 7.58. The number of rotatable bonds is 3. The molecule has 0 bridgehead atoms. The average Bonchev–Trinajstić information content (AvgIpc) is 2.52. The molecule has 0 aliphatic heterocycles. The molecule has 3 nitrogen and oxygen atoms in total. The van der Waals surface area contributed by atoms with Crippen LogP contribution >= 0.6 is 11.6 Å². The van der Waals surface area contributed by atoms with Gasteiger partial charge in [-0.25, -0.2) is 0 Å². The van der Waals surface area contributed by atoms with Gasteiger partial charge in [0.1, 0.15) is 0 Å². The second-order valence-electron chi connectivity index (χ2n) is 4.00. The number of benzene rings is 1. The molecular formula is C12H11ClO3. The van der Waals surface area contributed by atoms with E-state index in [1.54, 1.807) is 18.2 Å². The Hall–Kier alpha value is -1.35. The lowest BCUT2D eigenvalue weighted by atomic mass is 9.99. The molecule has 84 valence electrons. The monoisotopic (exact) mass is 238 g/mol. The second kappa shape index (κ2) is 4.26. The smallest absolute Gasteiger partial charge is 0.303 e. The molecule has 0 radical (unpaired) electrons. The van der Waals surface area contributed by atoms with E-state index in [2.05, 4.69) is 0 Å². The highest BCUT2D eigenvalue weighted by atomic mass is 35.5. The average molecular weight is 239 g/mol. The van der Waals surface area contributed by atoms with E-state index in [4.69, 9.17) is 16.7 Å². The van der Waals surface area contributed by atoms with Crippen LogP contribution in [0.15, 0.2) is 18.2 Å². The molecule has 1 aromatic rings. The van der Waals surface area contributed by atoms with E-state index in [9.17, 15) is 9.59 Å². The summed E-state index contributed by atoms with van der Waals surface area (Å²) in [7, 11) is 0. The van der Waals surface area contributed by atoms with Gasteiger partial charge >= 0.3 is 5.97 Å². The third-order valence-corrected chi connectivity index (χ3v) is 3.11. The summed E-state index contributed by atoms with van der Waals surface area (Å²) in [6, 6.07) is 5.20. The van der Waals surface area contributed by atoms with Crippen LogP contribution in [-0.2, 0) is 11.2 Å². The van der Waals surface area contributed by atoms with Gasteiger partial charge in [-0.05, 0) is 36.6 Å². The number of hydrogen-bond acceptors (Lipinski definition) is 2. The number of Topliss-reactive ketones (excluding diaryl/α,β-unsaturated/α-hetero) is 1. The summed E-state index contributed by atoms with van der Waals surface area (Å²) in [5.41, 5.74) is 1.63. The number of aliphatic carboxylic acids is 1. The molecular weight excluding hydrogens is 228 g/mol. The van der Waals surface area contributed by atoms with E-state index >= 15 is 0 Å². The molecule has 0 spiro atoms. The Morgan fingerprint density at radius 2 is 2.25 bits per heavy atom. The van der Waals surface area contributed by atoms with Crippen LogP contribution in [0, 0.1) is 5.92 Å². The zero-order valence-electron chi connectivity index (χ0n) is 8.57. The van der Waals surface area contributed by atoms with Crippen LogP contribution in [-0.4, -0.2) is 16.9 Å². The molecule has 0 amide bonds. The van der Waals surface area contributed by atoms with Crippen LogP contribution in [0.1, 0.15) is 28.8 Å². The molecule has 1 aromatic carbocycles. The number of carbonyl (C=O) groups excluding carboxylic acids is 1. The predicted molar refractivity (Wildman–Crippen MR) is 59.8 cm³/mol. The number of ketones is 1. The molecule has 0 fully saturated rings. The van der Waals surface area contributed by atoms with Gasteiger partial charge in [0.25, 0.3) is 0 Å². The van der Waals surface area contributed by atoms with E-state index in [1.807, 2.05) is 0 Å². The van der Waals surface area contributed by atoms with Crippen molar-refractivity contribution in [2.75, 3.05) is 0 Å². The van der Waals surface area contributed by atoms with E-state index in [1.165, 1.54) is 0 Å². The number of hydrogen-bond donors (Lipinski definition) is 1. The molecule has 2 rings (SSSR count). The number of carboxylic acid groups (broad SMARTS) is 1. The van der Waals surface area contributed by atoms with Gasteiger partial charge in [-0.2, -0.15) is 0 Å². The van der Waals surface area contributed by atoms with Crippen LogP contribution in [0.3, 0.4) is 0 Å². The van der Waals surface area contributed by atoms with E-state index in [0.29, 0.717) is 23.4 Å². The van der Waals surface area contributed by atoms with Crippen molar-refractivity contribution in [2.24, 2.45) is 5.92 Å². The molecule has 0 aromatic heterocycles. The fourth-order valence-corrected chi connectivity index (χ4v) is 2.28. The standard InChI is InChI=1S/C12H11ClO3/c13-9-2-3-10-8(6-9)5-7(12(10)16)1-4-11(14)15/h2-3,6-7H,1,4-5H2,(H,14,15). The quantitative estimate of drug-likeness (QED) is 0.881. The van der Waals surface area contributed by atoms with Gasteiger partial charge in [0.2, 0.25) is 0 Å². The molecule has 1 atom stereocenters. The molecule has 0 heterocycles. The maximum absolute atomic E-state index is 11.9.